The van der Waals surface area contributed by atoms with Crippen LogP contribution in [0.15, 0.2) is 24.3 Å². The summed E-state index contributed by atoms with van der Waals surface area (Å²) >= 11 is 0. The van der Waals surface area contributed by atoms with Crippen molar-refractivity contribution in [3.8, 4) is 11.8 Å². The summed E-state index contributed by atoms with van der Waals surface area (Å²) in [5, 5.41) is 18.3. The monoisotopic (exact) mass is 290 g/mol. The molecular formula is C16H22N2O3. The van der Waals surface area contributed by atoms with Crippen LogP contribution in [0.25, 0.3) is 0 Å². The Morgan fingerprint density at radius 2 is 2.00 bits per heavy atom. The van der Waals surface area contributed by atoms with Crippen LogP contribution in [0.1, 0.15) is 38.3 Å². The minimum Gasteiger partial charge on any atom is -0.494 e. The molecule has 5 nitrogen and oxygen atoms in total. The molecule has 1 aromatic rings. The van der Waals surface area contributed by atoms with Crippen LogP contribution in [0.4, 0.5) is 0 Å². The van der Waals surface area contributed by atoms with Crippen molar-refractivity contribution in [1.29, 1.82) is 5.26 Å². The Labute approximate surface area is 125 Å². The number of ether oxygens (including phenoxy) is 1. The third-order valence-electron chi connectivity index (χ3n) is 3.12. The maximum Gasteiger partial charge on any atom is 0.304 e. The number of nitriles is 1. The molecule has 1 atom stereocenters. The third kappa shape index (κ3) is 5.44. The van der Waals surface area contributed by atoms with E-state index in [-0.39, 0.29) is 6.42 Å². The van der Waals surface area contributed by atoms with Gasteiger partial charge in [-0.15, -0.1) is 0 Å². The van der Waals surface area contributed by atoms with Gasteiger partial charge in [-0.2, -0.15) is 5.26 Å². The number of carboxylic acid groups (broad SMARTS) is 1. The lowest BCUT2D eigenvalue weighted by atomic mass is 10.1. The molecule has 1 rings (SSSR count). The molecule has 0 amide bonds. The van der Waals surface area contributed by atoms with Crippen molar-refractivity contribution in [1.82, 2.24) is 4.90 Å². The van der Waals surface area contributed by atoms with Crippen molar-refractivity contribution in [3.05, 3.63) is 29.8 Å². The summed E-state index contributed by atoms with van der Waals surface area (Å²) in [4.78, 5) is 12.7. The van der Waals surface area contributed by atoms with E-state index in [1.165, 1.54) is 0 Å². The van der Waals surface area contributed by atoms with E-state index in [9.17, 15) is 10.1 Å². The number of aliphatic carboxylic acids is 1. The van der Waals surface area contributed by atoms with Crippen LogP contribution in [0.3, 0.4) is 0 Å². The first-order valence-electron chi connectivity index (χ1n) is 7.20. The van der Waals surface area contributed by atoms with Crippen molar-refractivity contribution in [2.75, 3.05) is 19.7 Å². The quantitative estimate of drug-likeness (QED) is 0.757. The van der Waals surface area contributed by atoms with Crippen LogP contribution in [0.5, 0.6) is 5.75 Å². The molecule has 0 aliphatic carbocycles. The SMILES string of the molecule is CCCN(CCC(=O)O)C(C#N)c1ccc(OCC)cc1. The van der Waals surface area contributed by atoms with E-state index < -0.39 is 12.0 Å². The number of hydrogen-bond donors (Lipinski definition) is 1. The molecule has 114 valence electrons. The average Bonchev–Trinajstić information content (AvgIpc) is 2.47. The zero-order chi connectivity index (χ0) is 15.7. The Hall–Kier alpha value is -2.06. The van der Waals surface area contributed by atoms with Crippen molar-refractivity contribution < 1.29 is 14.6 Å². The fourth-order valence-electron chi connectivity index (χ4n) is 2.18. The summed E-state index contributed by atoms with van der Waals surface area (Å²) in [6, 6.07) is 9.24. The molecule has 0 aliphatic rings. The number of rotatable bonds is 9. The largest absolute Gasteiger partial charge is 0.494 e. The lowest BCUT2D eigenvalue weighted by Gasteiger charge is -2.26. The van der Waals surface area contributed by atoms with Crippen LogP contribution < -0.4 is 4.74 Å². The van der Waals surface area contributed by atoms with Crippen molar-refractivity contribution in [2.24, 2.45) is 0 Å². The van der Waals surface area contributed by atoms with Gasteiger partial charge in [0.05, 0.1) is 19.1 Å². The first kappa shape index (κ1) is 17.0. The highest BCUT2D eigenvalue weighted by Crippen LogP contribution is 2.23. The predicted molar refractivity (Wildman–Crippen MR) is 80.1 cm³/mol. The number of nitrogens with zero attached hydrogens (tertiary/aromatic N) is 2. The molecule has 1 unspecified atom stereocenters. The first-order chi connectivity index (χ1) is 10.1. The molecule has 0 radical (unpaired) electrons. The minimum atomic E-state index is -0.848. The van der Waals surface area contributed by atoms with Gasteiger partial charge >= 0.3 is 5.97 Å². The highest BCUT2D eigenvalue weighted by atomic mass is 16.5. The zero-order valence-electron chi connectivity index (χ0n) is 12.6. The number of hydrogen-bond acceptors (Lipinski definition) is 4. The first-order valence-corrected chi connectivity index (χ1v) is 7.20. The molecule has 21 heavy (non-hydrogen) atoms. The molecule has 0 spiro atoms. The van der Waals surface area contributed by atoms with Gasteiger partial charge in [-0.05, 0) is 37.6 Å². The Morgan fingerprint density at radius 1 is 1.33 bits per heavy atom. The second kappa shape index (κ2) is 8.98. The lowest BCUT2D eigenvalue weighted by molar-refractivity contribution is -0.137. The van der Waals surface area contributed by atoms with E-state index in [4.69, 9.17) is 9.84 Å². The molecule has 1 aromatic carbocycles. The highest BCUT2D eigenvalue weighted by Gasteiger charge is 2.20. The Kier molecular flexibility index (Phi) is 7.27. The van der Waals surface area contributed by atoms with E-state index in [1.807, 2.05) is 43.0 Å². The number of carbonyl (C=O) groups is 1. The van der Waals surface area contributed by atoms with Gasteiger partial charge < -0.3 is 9.84 Å². The van der Waals surface area contributed by atoms with Gasteiger partial charge in [-0.3, -0.25) is 9.69 Å². The van der Waals surface area contributed by atoms with Crippen molar-refractivity contribution >= 4 is 5.97 Å². The van der Waals surface area contributed by atoms with Gasteiger partial charge in [0.25, 0.3) is 0 Å². The number of carboxylic acids is 1. The van der Waals surface area contributed by atoms with E-state index in [0.717, 1.165) is 17.7 Å². The molecule has 0 saturated carbocycles. The maximum atomic E-state index is 10.7. The van der Waals surface area contributed by atoms with Crippen LogP contribution in [0, 0.1) is 11.3 Å². The Bertz CT molecular complexity index is 479. The molecule has 0 bridgehead atoms. The topological polar surface area (TPSA) is 73.6 Å². The van der Waals surface area contributed by atoms with Gasteiger partial charge in [-0.25, -0.2) is 0 Å². The maximum absolute atomic E-state index is 10.7. The smallest absolute Gasteiger partial charge is 0.304 e. The van der Waals surface area contributed by atoms with Crippen LogP contribution in [-0.4, -0.2) is 35.7 Å². The lowest BCUT2D eigenvalue weighted by Crippen LogP contribution is -2.31. The summed E-state index contributed by atoms with van der Waals surface area (Å²) in [5.74, 6) is -0.0787. The molecule has 0 aromatic heterocycles. The van der Waals surface area contributed by atoms with Crippen molar-refractivity contribution in [2.45, 2.75) is 32.7 Å². The normalized spacial score (nSPS) is 11.9. The minimum absolute atomic E-state index is 0.0369. The van der Waals surface area contributed by atoms with E-state index in [2.05, 4.69) is 6.07 Å². The molecule has 0 aliphatic heterocycles. The predicted octanol–water partition coefficient (Wildman–Crippen LogP) is 2.84. The van der Waals surface area contributed by atoms with Gasteiger partial charge in [0.1, 0.15) is 11.8 Å². The van der Waals surface area contributed by atoms with Crippen LogP contribution >= 0.6 is 0 Å². The van der Waals surface area contributed by atoms with Crippen LogP contribution in [0.2, 0.25) is 0 Å². The van der Waals surface area contributed by atoms with Gasteiger partial charge in [-0.1, -0.05) is 19.1 Å². The summed E-state index contributed by atoms with van der Waals surface area (Å²) in [7, 11) is 0. The van der Waals surface area contributed by atoms with Gasteiger partial charge in [0.2, 0.25) is 0 Å². The Balaban J connectivity index is 2.86. The molecule has 1 N–H and O–H groups in total. The summed E-state index contributed by atoms with van der Waals surface area (Å²) in [5.41, 5.74) is 0.861. The Morgan fingerprint density at radius 3 is 2.48 bits per heavy atom. The van der Waals surface area contributed by atoms with Crippen molar-refractivity contribution in [3.63, 3.8) is 0 Å². The van der Waals surface area contributed by atoms with Gasteiger partial charge in [0, 0.05) is 6.54 Å². The highest BCUT2D eigenvalue weighted by molar-refractivity contribution is 5.66. The zero-order valence-corrected chi connectivity index (χ0v) is 12.6. The number of benzene rings is 1. The molecular weight excluding hydrogens is 268 g/mol. The van der Waals surface area contributed by atoms with E-state index in [1.54, 1.807) is 0 Å². The standard InChI is InChI=1S/C16H22N2O3/c1-3-10-18(11-9-16(19)20)15(12-17)13-5-7-14(8-6-13)21-4-2/h5-8,15H,3-4,9-11H2,1-2H3,(H,19,20). The van der Waals surface area contributed by atoms with E-state index in [0.29, 0.717) is 19.7 Å². The summed E-state index contributed by atoms with van der Waals surface area (Å²) in [6.45, 7) is 5.59. The third-order valence-corrected chi connectivity index (χ3v) is 3.12. The van der Waals surface area contributed by atoms with E-state index >= 15 is 0 Å². The molecule has 5 heteroatoms. The average molecular weight is 290 g/mol. The summed E-state index contributed by atoms with van der Waals surface area (Å²) < 4.78 is 5.39. The summed E-state index contributed by atoms with van der Waals surface area (Å²) in [6.07, 6.45) is 0.907. The molecule has 0 heterocycles. The second-order valence-electron chi connectivity index (χ2n) is 4.71. The molecule has 0 saturated heterocycles. The van der Waals surface area contributed by atoms with Crippen LogP contribution in [-0.2, 0) is 4.79 Å². The molecule has 0 fully saturated rings. The second-order valence-corrected chi connectivity index (χ2v) is 4.71. The van der Waals surface area contributed by atoms with Gasteiger partial charge in [0.15, 0.2) is 0 Å². The fourth-order valence-corrected chi connectivity index (χ4v) is 2.18. The fraction of sp³-hybridized carbons (Fsp3) is 0.500.